The lowest BCUT2D eigenvalue weighted by Gasteiger charge is -2.41. The molecule has 0 radical (unpaired) electrons. The first-order chi connectivity index (χ1) is 7.25. The summed E-state index contributed by atoms with van der Waals surface area (Å²) in [5, 5.41) is 9.86. The summed E-state index contributed by atoms with van der Waals surface area (Å²) in [4.78, 5) is 0. The number of rotatable bonds is 0. The molecule has 1 N–H and O–H groups in total. The molecule has 0 aromatic rings. The van der Waals surface area contributed by atoms with Crippen molar-refractivity contribution in [2.24, 2.45) is 23.7 Å². The van der Waals surface area contributed by atoms with E-state index in [1.807, 2.05) is 0 Å². The van der Waals surface area contributed by atoms with Gasteiger partial charge < -0.3 is 9.84 Å². The Morgan fingerprint density at radius 3 is 2.27 bits per heavy atom. The maximum Gasteiger partial charge on any atom is 0.158 e. The summed E-state index contributed by atoms with van der Waals surface area (Å²) in [7, 11) is 0. The summed E-state index contributed by atoms with van der Waals surface area (Å²) >= 11 is 0. The molecule has 1 unspecified atom stereocenters. The Hall–Kier alpha value is -0.0800. The van der Waals surface area contributed by atoms with Crippen LogP contribution in [0.1, 0.15) is 45.4 Å². The summed E-state index contributed by atoms with van der Waals surface area (Å²) in [5.74, 6) is 2.92. The molecule has 6 atom stereocenters. The van der Waals surface area contributed by atoms with Gasteiger partial charge in [0.05, 0.1) is 6.10 Å². The zero-order valence-corrected chi connectivity index (χ0v) is 9.56. The topological polar surface area (TPSA) is 29.5 Å². The Bertz CT molecular complexity index is 217. The highest BCUT2D eigenvalue weighted by Crippen LogP contribution is 2.50. The van der Waals surface area contributed by atoms with Crippen LogP contribution in [-0.4, -0.2) is 17.5 Å². The Morgan fingerprint density at radius 1 is 1.00 bits per heavy atom. The van der Waals surface area contributed by atoms with E-state index in [0.29, 0.717) is 11.8 Å². The molecule has 1 heterocycles. The molecule has 0 aromatic carbocycles. The molecule has 0 aromatic heterocycles. The molecule has 0 bridgehead atoms. The molecular formula is C13H22O2. The zero-order chi connectivity index (χ0) is 10.4. The van der Waals surface area contributed by atoms with Crippen LogP contribution in [0.4, 0.5) is 0 Å². The molecule has 3 rings (SSSR count). The molecule has 2 saturated carbocycles. The first kappa shape index (κ1) is 10.1. The van der Waals surface area contributed by atoms with E-state index < -0.39 is 6.29 Å². The third kappa shape index (κ3) is 1.62. The number of aliphatic hydroxyl groups is 1. The number of aliphatic hydroxyl groups excluding tert-OH is 1. The largest absolute Gasteiger partial charge is 0.368 e. The predicted octanol–water partition coefficient (Wildman–Crippen LogP) is 2.56. The average Bonchev–Trinajstić information content (AvgIpc) is 2.52. The van der Waals surface area contributed by atoms with Gasteiger partial charge in [-0.15, -0.1) is 0 Å². The van der Waals surface area contributed by atoms with Gasteiger partial charge in [0.1, 0.15) is 0 Å². The molecule has 3 fully saturated rings. The van der Waals surface area contributed by atoms with Crippen molar-refractivity contribution in [3.63, 3.8) is 0 Å². The van der Waals surface area contributed by atoms with Crippen molar-refractivity contribution in [3.05, 3.63) is 0 Å². The minimum atomic E-state index is -0.465. The van der Waals surface area contributed by atoms with Gasteiger partial charge in [-0.1, -0.05) is 25.7 Å². The van der Waals surface area contributed by atoms with Gasteiger partial charge in [-0.25, -0.2) is 0 Å². The van der Waals surface area contributed by atoms with Crippen LogP contribution in [-0.2, 0) is 4.74 Å². The lowest BCUT2D eigenvalue weighted by Crippen LogP contribution is -2.36. The molecule has 2 heteroatoms. The van der Waals surface area contributed by atoms with E-state index in [1.54, 1.807) is 0 Å². The minimum Gasteiger partial charge on any atom is -0.368 e. The lowest BCUT2D eigenvalue weighted by atomic mass is 9.63. The highest BCUT2D eigenvalue weighted by atomic mass is 16.6. The summed E-state index contributed by atoms with van der Waals surface area (Å²) < 4.78 is 5.57. The predicted molar refractivity (Wildman–Crippen MR) is 58.2 cm³/mol. The van der Waals surface area contributed by atoms with E-state index in [4.69, 9.17) is 4.74 Å². The molecule has 1 aliphatic heterocycles. The third-order valence-corrected chi connectivity index (χ3v) is 5.09. The minimum absolute atomic E-state index is 0.285. The Labute approximate surface area is 92.0 Å². The zero-order valence-electron chi connectivity index (χ0n) is 9.56. The van der Waals surface area contributed by atoms with Crippen LogP contribution in [0.5, 0.6) is 0 Å². The van der Waals surface area contributed by atoms with E-state index in [9.17, 15) is 5.11 Å². The second kappa shape index (κ2) is 3.74. The maximum atomic E-state index is 9.86. The van der Waals surface area contributed by atoms with Gasteiger partial charge in [0.2, 0.25) is 0 Å². The van der Waals surface area contributed by atoms with E-state index in [0.717, 1.165) is 11.8 Å². The molecule has 3 aliphatic rings. The molecule has 1 saturated heterocycles. The second-order valence-corrected chi connectivity index (χ2v) is 5.84. The van der Waals surface area contributed by atoms with Crippen LogP contribution in [0, 0.1) is 23.7 Å². The van der Waals surface area contributed by atoms with Crippen LogP contribution in [0.2, 0.25) is 0 Å². The van der Waals surface area contributed by atoms with Gasteiger partial charge in [0.15, 0.2) is 6.29 Å². The average molecular weight is 210 g/mol. The standard InChI is InChI=1S/C13H22O2/c1-8-11-6-9-4-2-3-5-10(9)7-12(11)13(14)15-8/h8-14H,2-7H2,1H3/t8-,9+,10+,11-,12-,13?/m1/s1. The molecule has 0 spiro atoms. The number of fused-ring (bicyclic) bond motifs is 2. The van der Waals surface area contributed by atoms with E-state index in [1.165, 1.54) is 38.5 Å². The third-order valence-electron chi connectivity index (χ3n) is 5.09. The normalized spacial score (nSPS) is 54.8. The van der Waals surface area contributed by atoms with E-state index >= 15 is 0 Å². The van der Waals surface area contributed by atoms with Crippen molar-refractivity contribution in [1.29, 1.82) is 0 Å². The number of hydrogen-bond donors (Lipinski definition) is 1. The summed E-state index contributed by atoms with van der Waals surface area (Å²) in [5.41, 5.74) is 0. The van der Waals surface area contributed by atoms with Gasteiger partial charge >= 0.3 is 0 Å². The Kier molecular flexibility index (Phi) is 2.52. The van der Waals surface area contributed by atoms with Crippen LogP contribution < -0.4 is 0 Å². The van der Waals surface area contributed by atoms with Crippen molar-refractivity contribution in [2.45, 2.75) is 57.8 Å². The van der Waals surface area contributed by atoms with Gasteiger partial charge in [-0.05, 0) is 37.5 Å². The Morgan fingerprint density at radius 2 is 1.60 bits per heavy atom. The highest BCUT2D eigenvalue weighted by Gasteiger charge is 2.48. The fourth-order valence-electron chi connectivity index (χ4n) is 4.24. The van der Waals surface area contributed by atoms with Crippen LogP contribution >= 0.6 is 0 Å². The molecule has 2 nitrogen and oxygen atoms in total. The first-order valence-corrected chi connectivity index (χ1v) is 6.59. The smallest absolute Gasteiger partial charge is 0.158 e. The maximum absolute atomic E-state index is 9.86. The van der Waals surface area contributed by atoms with E-state index in [-0.39, 0.29) is 6.10 Å². The second-order valence-electron chi connectivity index (χ2n) is 5.84. The van der Waals surface area contributed by atoms with Crippen molar-refractivity contribution >= 4 is 0 Å². The van der Waals surface area contributed by atoms with E-state index in [2.05, 4.69) is 6.92 Å². The van der Waals surface area contributed by atoms with Crippen LogP contribution in [0.3, 0.4) is 0 Å². The van der Waals surface area contributed by atoms with Crippen LogP contribution in [0.15, 0.2) is 0 Å². The van der Waals surface area contributed by atoms with Crippen molar-refractivity contribution in [3.8, 4) is 0 Å². The molecule has 86 valence electrons. The fourth-order valence-corrected chi connectivity index (χ4v) is 4.24. The SMILES string of the molecule is C[C@H]1OC(O)[C@@H]2C[C@@H]3CCCC[C@H]3C[C@H]12. The number of ether oxygens (including phenoxy) is 1. The Balaban J connectivity index is 1.75. The van der Waals surface area contributed by atoms with Gasteiger partial charge in [0, 0.05) is 5.92 Å². The summed E-state index contributed by atoms with van der Waals surface area (Å²) in [6.07, 6.45) is 8.02. The molecule has 15 heavy (non-hydrogen) atoms. The lowest BCUT2D eigenvalue weighted by molar-refractivity contribution is -0.107. The highest BCUT2D eigenvalue weighted by molar-refractivity contribution is 4.94. The quantitative estimate of drug-likeness (QED) is 0.666. The number of hydrogen-bond acceptors (Lipinski definition) is 2. The molecular weight excluding hydrogens is 188 g/mol. The van der Waals surface area contributed by atoms with Crippen molar-refractivity contribution in [1.82, 2.24) is 0 Å². The summed E-state index contributed by atoms with van der Waals surface area (Å²) in [6, 6.07) is 0. The van der Waals surface area contributed by atoms with Crippen molar-refractivity contribution < 1.29 is 9.84 Å². The molecule has 0 amide bonds. The summed E-state index contributed by atoms with van der Waals surface area (Å²) in [6.45, 7) is 2.14. The molecule has 2 aliphatic carbocycles. The van der Waals surface area contributed by atoms with Gasteiger partial charge in [0.25, 0.3) is 0 Å². The first-order valence-electron chi connectivity index (χ1n) is 6.59. The van der Waals surface area contributed by atoms with Crippen molar-refractivity contribution in [2.75, 3.05) is 0 Å². The van der Waals surface area contributed by atoms with Gasteiger partial charge in [-0.3, -0.25) is 0 Å². The van der Waals surface area contributed by atoms with Crippen LogP contribution in [0.25, 0.3) is 0 Å². The van der Waals surface area contributed by atoms with Gasteiger partial charge in [-0.2, -0.15) is 0 Å². The monoisotopic (exact) mass is 210 g/mol. The fraction of sp³-hybridized carbons (Fsp3) is 1.00.